The molecule has 1 unspecified atom stereocenters. The maximum absolute atomic E-state index is 11.2. The van der Waals surface area contributed by atoms with Crippen molar-refractivity contribution >= 4 is 18.1 Å². The minimum atomic E-state index is -0.788. The van der Waals surface area contributed by atoms with Crippen molar-refractivity contribution in [1.29, 1.82) is 0 Å². The van der Waals surface area contributed by atoms with Gasteiger partial charge in [0.2, 0.25) is 0 Å². The van der Waals surface area contributed by atoms with Crippen LogP contribution in [0.25, 0.3) is 0 Å². The Morgan fingerprint density at radius 1 is 0.955 bits per heavy atom. The van der Waals surface area contributed by atoms with Crippen LogP contribution in [0.2, 0.25) is 0 Å². The molecular weight excluding hydrogens is 292 g/mol. The lowest BCUT2D eigenvalue weighted by Gasteiger charge is -2.28. The molecule has 0 aliphatic heterocycles. The van der Waals surface area contributed by atoms with Gasteiger partial charge in [0, 0.05) is 17.6 Å². The highest BCUT2D eigenvalue weighted by Gasteiger charge is 2.27. The fourth-order valence-corrected chi connectivity index (χ4v) is 1.47. The van der Waals surface area contributed by atoms with Crippen molar-refractivity contribution in [3.63, 3.8) is 0 Å². The molecule has 0 aromatic heterocycles. The van der Waals surface area contributed by atoms with E-state index in [9.17, 15) is 14.4 Å². The minimum absolute atomic E-state index is 0.0774. The monoisotopic (exact) mass is 314 g/mol. The third-order valence-corrected chi connectivity index (χ3v) is 2.94. The van der Waals surface area contributed by atoms with E-state index in [0.29, 0.717) is 12.8 Å². The summed E-state index contributed by atoms with van der Waals surface area (Å²) in [6.45, 7) is 8.73. The van der Waals surface area contributed by atoms with E-state index in [2.05, 4.69) is 17.9 Å². The fourth-order valence-electron chi connectivity index (χ4n) is 1.47. The summed E-state index contributed by atoms with van der Waals surface area (Å²) in [4.78, 5) is 33.1. The van der Waals surface area contributed by atoms with Gasteiger partial charge in [0.05, 0.1) is 26.9 Å². The summed E-state index contributed by atoms with van der Waals surface area (Å²) in [7, 11) is 1.21. The molecule has 0 amide bonds. The lowest BCUT2D eigenvalue weighted by atomic mass is 9.85. The lowest BCUT2D eigenvalue weighted by molar-refractivity contribution is -0.144. The van der Waals surface area contributed by atoms with E-state index in [0.717, 1.165) is 12.2 Å². The molecule has 1 atom stereocenters. The molecule has 0 spiro atoms. The second-order valence-electron chi connectivity index (χ2n) is 4.80. The van der Waals surface area contributed by atoms with Gasteiger partial charge >= 0.3 is 18.1 Å². The molecule has 124 valence electrons. The Morgan fingerprint density at radius 3 is 1.95 bits per heavy atom. The molecule has 0 fully saturated rings. The van der Waals surface area contributed by atoms with Crippen molar-refractivity contribution in [2.45, 2.75) is 19.8 Å². The van der Waals surface area contributed by atoms with Crippen molar-refractivity contribution in [2.75, 3.05) is 26.9 Å². The predicted octanol–water partition coefficient (Wildman–Crippen LogP) is 2.01. The third-order valence-electron chi connectivity index (χ3n) is 2.94. The molecule has 0 N–H and O–H groups in total. The number of methoxy groups -OCH3 is 1. The van der Waals surface area contributed by atoms with Gasteiger partial charge in [-0.05, 0) is 12.8 Å². The first kappa shape index (κ1) is 19.7. The summed E-state index contributed by atoms with van der Waals surface area (Å²) in [6, 6.07) is 0. The summed E-state index contributed by atoms with van der Waals surface area (Å²) in [6.07, 6.45) is 2.15. The van der Waals surface area contributed by atoms with E-state index in [1.807, 2.05) is 6.92 Å². The lowest BCUT2D eigenvalue weighted by Crippen LogP contribution is -2.29. The van der Waals surface area contributed by atoms with Gasteiger partial charge in [0.1, 0.15) is 0 Å². The van der Waals surface area contributed by atoms with Crippen LogP contribution < -0.4 is 0 Å². The Kier molecular flexibility index (Phi) is 9.33. The average Bonchev–Trinajstić information content (AvgIpc) is 2.52. The van der Waals surface area contributed by atoms with E-state index in [-0.39, 0.29) is 19.8 Å². The van der Waals surface area contributed by atoms with Gasteiger partial charge in [0.25, 0.3) is 0 Å². The molecule has 0 aromatic rings. The molecule has 7 nitrogen and oxygen atoms in total. The van der Waals surface area contributed by atoms with Gasteiger partial charge in [-0.25, -0.2) is 14.4 Å². The van der Waals surface area contributed by atoms with E-state index in [4.69, 9.17) is 14.2 Å². The van der Waals surface area contributed by atoms with Crippen LogP contribution >= 0.6 is 0 Å². The summed E-state index contributed by atoms with van der Waals surface area (Å²) < 4.78 is 19.1. The van der Waals surface area contributed by atoms with Crippen molar-refractivity contribution in [3.8, 4) is 0 Å². The first-order valence-electron chi connectivity index (χ1n) is 6.66. The molecule has 7 heteroatoms. The van der Waals surface area contributed by atoms with E-state index >= 15 is 0 Å². The summed E-state index contributed by atoms with van der Waals surface area (Å²) in [5.41, 5.74) is -0.534. The zero-order valence-electron chi connectivity index (χ0n) is 13.0. The van der Waals surface area contributed by atoms with Crippen LogP contribution in [-0.4, -0.2) is 45.0 Å². The maximum Gasteiger partial charge on any atom is 0.507 e. The van der Waals surface area contributed by atoms with Crippen molar-refractivity contribution in [3.05, 3.63) is 25.3 Å². The maximum atomic E-state index is 11.2. The number of rotatable bonds is 10. The van der Waals surface area contributed by atoms with Crippen LogP contribution in [0.1, 0.15) is 19.8 Å². The Labute approximate surface area is 129 Å². The molecule has 0 saturated carbocycles. The molecule has 0 rings (SSSR count). The van der Waals surface area contributed by atoms with Crippen LogP contribution in [0.5, 0.6) is 0 Å². The first-order valence-corrected chi connectivity index (χ1v) is 6.66. The quantitative estimate of drug-likeness (QED) is 0.346. The highest BCUT2D eigenvalue weighted by atomic mass is 16.7. The van der Waals surface area contributed by atoms with Crippen LogP contribution in [0.4, 0.5) is 4.79 Å². The minimum Gasteiger partial charge on any atom is -0.463 e. The normalized spacial score (nSPS) is 12.5. The van der Waals surface area contributed by atoms with Gasteiger partial charge < -0.3 is 18.9 Å². The Balaban J connectivity index is 4.48. The molecule has 0 aliphatic rings. The fraction of sp³-hybridized carbons (Fsp3) is 0.533. The van der Waals surface area contributed by atoms with Gasteiger partial charge in [-0.3, -0.25) is 0 Å². The third kappa shape index (κ3) is 8.78. The molecular formula is C15H22O7. The van der Waals surface area contributed by atoms with Gasteiger partial charge in [0.15, 0.2) is 0 Å². The molecule has 0 heterocycles. The molecule has 0 bridgehead atoms. The molecule has 0 aromatic carbocycles. The highest BCUT2D eigenvalue weighted by molar-refractivity contribution is 5.81. The molecule has 0 radical (unpaired) electrons. The number of carbonyl (C=O) groups excluding carboxylic acids is 3. The Bertz CT molecular complexity index is 416. The zero-order chi connectivity index (χ0) is 17.0. The Morgan fingerprint density at radius 2 is 1.45 bits per heavy atom. The van der Waals surface area contributed by atoms with Crippen LogP contribution in [-0.2, 0) is 28.5 Å². The average molecular weight is 314 g/mol. The molecule has 22 heavy (non-hydrogen) atoms. The van der Waals surface area contributed by atoms with E-state index < -0.39 is 23.5 Å². The van der Waals surface area contributed by atoms with Crippen molar-refractivity contribution in [1.82, 2.24) is 0 Å². The summed E-state index contributed by atoms with van der Waals surface area (Å²) >= 11 is 0. The number of hydrogen-bond donors (Lipinski definition) is 0. The number of ether oxygens (including phenoxy) is 4. The zero-order valence-corrected chi connectivity index (χ0v) is 13.0. The van der Waals surface area contributed by atoms with Gasteiger partial charge in [-0.2, -0.15) is 0 Å². The van der Waals surface area contributed by atoms with Crippen LogP contribution in [0.15, 0.2) is 25.3 Å². The summed E-state index contributed by atoms with van der Waals surface area (Å²) in [5, 5.41) is 0. The second-order valence-corrected chi connectivity index (χ2v) is 4.80. The van der Waals surface area contributed by atoms with Gasteiger partial charge in [-0.1, -0.05) is 20.1 Å². The van der Waals surface area contributed by atoms with Crippen LogP contribution in [0, 0.1) is 5.41 Å². The van der Waals surface area contributed by atoms with Crippen molar-refractivity contribution < 1.29 is 33.3 Å². The Hall–Kier alpha value is -2.31. The number of hydrogen-bond acceptors (Lipinski definition) is 7. The standard InChI is InChI=1S/C15H22O7/c1-5-12(16)20-9-7-15(3,11-22-13(17)6-2)8-10-21-14(18)19-4/h5-6H,1-2,7-11H2,3-4H3. The highest BCUT2D eigenvalue weighted by Crippen LogP contribution is 2.27. The number of esters is 2. The van der Waals surface area contributed by atoms with E-state index in [1.54, 1.807) is 0 Å². The smallest absolute Gasteiger partial charge is 0.463 e. The molecule has 0 aliphatic carbocycles. The van der Waals surface area contributed by atoms with Crippen molar-refractivity contribution in [2.24, 2.45) is 5.41 Å². The van der Waals surface area contributed by atoms with Gasteiger partial charge in [-0.15, -0.1) is 0 Å². The molecule has 0 saturated heterocycles. The first-order chi connectivity index (χ1) is 10.4. The SMILES string of the molecule is C=CC(=O)OCCC(C)(CCOC(=O)OC)COC(=O)C=C. The topological polar surface area (TPSA) is 88.1 Å². The summed E-state index contributed by atoms with van der Waals surface area (Å²) in [5.74, 6) is -1.08. The number of carbonyl (C=O) groups is 3. The predicted molar refractivity (Wildman–Crippen MR) is 78.0 cm³/mol. The largest absolute Gasteiger partial charge is 0.507 e. The van der Waals surface area contributed by atoms with E-state index in [1.165, 1.54) is 7.11 Å². The second kappa shape index (κ2) is 10.4. The van der Waals surface area contributed by atoms with Crippen LogP contribution in [0.3, 0.4) is 0 Å².